The minimum Gasteiger partial charge on any atom is -0.488 e. The van der Waals surface area contributed by atoms with Crippen molar-refractivity contribution < 1.29 is 14.3 Å². The Hall–Kier alpha value is -2.29. The van der Waals surface area contributed by atoms with E-state index in [1.807, 2.05) is 30.3 Å². The molecule has 3 nitrogen and oxygen atoms in total. The van der Waals surface area contributed by atoms with Crippen molar-refractivity contribution in [3.63, 3.8) is 0 Å². The maximum Gasteiger partial charge on any atom is 0.343 e. The fraction of sp³-hybridized carbons (Fsp3) is 0.316. The maximum atomic E-state index is 12.1. The average Bonchev–Trinajstić information content (AvgIpc) is 2.48. The highest BCUT2D eigenvalue weighted by molar-refractivity contribution is 5.90. The normalized spacial score (nSPS) is 11.0. The zero-order valence-electron chi connectivity index (χ0n) is 13.3. The van der Waals surface area contributed by atoms with Crippen LogP contribution < -0.4 is 9.47 Å². The van der Waals surface area contributed by atoms with Gasteiger partial charge < -0.3 is 9.47 Å². The summed E-state index contributed by atoms with van der Waals surface area (Å²) < 4.78 is 11.4. The summed E-state index contributed by atoms with van der Waals surface area (Å²) in [6, 6.07) is 16.1. The summed E-state index contributed by atoms with van der Waals surface area (Å²) in [6.07, 6.45) is 2.01. The van der Waals surface area contributed by atoms with Crippen LogP contribution in [0, 0.1) is 0 Å². The van der Waals surface area contributed by atoms with Crippen LogP contribution in [0.1, 0.15) is 44.0 Å². The second kappa shape index (κ2) is 7.12. The van der Waals surface area contributed by atoms with Gasteiger partial charge in [-0.3, -0.25) is 0 Å². The fourth-order valence-corrected chi connectivity index (χ4v) is 2.31. The molecule has 0 unspecified atom stereocenters. The molecule has 0 spiro atoms. The van der Waals surface area contributed by atoms with E-state index in [1.54, 1.807) is 24.3 Å². The second-order valence-electron chi connectivity index (χ2n) is 5.84. The summed E-state index contributed by atoms with van der Waals surface area (Å²) in [4.78, 5) is 12.1. The third kappa shape index (κ3) is 4.62. The number of rotatable bonds is 6. The van der Waals surface area contributed by atoms with Crippen LogP contribution in [0.15, 0.2) is 54.6 Å². The van der Waals surface area contributed by atoms with Gasteiger partial charge in [-0.05, 0) is 44.5 Å². The first-order valence-electron chi connectivity index (χ1n) is 7.56. The van der Waals surface area contributed by atoms with Crippen LogP contribution in [0.3, 0.4) is 0 Å². The van der Waals surface area contributed by atoms with Gasteiger partial charge in [0, 0.05) is 6.07 Å². The minimum absolute atomic E-state index is 0.239. The fourth-order valence-electron chi connectivity index (χ4n) is 2.31. The van der Waals surface area contributed by atoms with Crippen molar-refractivity contribution in [2.75, 3.05) is 0 Å². The van der Waals surface area contributed by atoms with E-state index in [-0.39, 0.29) is 11.6 Å². The van der Waals surface area contributed by atoms with Crippen molar-refractivity contribution in [2.45, 2.75) is 39.2 Å². The van der Waals surface area contributed by atoms with Crippen molar-refractivity contribution in [3.05, 3.63) is 60.2 Å². The van der Waals surface area contributed by atoms with Gasteiger partial charge in [-0.1, -0.05) is 37.6 Å². The molecule has 22 heavy (non-hydrogen) atoms. The molecule has 2 rings (SSSR count). The van der Waals surface area contributed by atoms with E-state index >= 15 is 0 Å². The third-order valence-corrected chi connectivity index (χ3v) is 3.27. The van der Waals surface area contributed by atoms with E-state index in [0.717, 1.165) is 12.8 Å². The van der Waals surface area contributed by atoms with Gasteiger partial charge in [-0.25, -0.2) is 4.79 Å². The Morgan fingerprint density at radius 1 is 1.00 bits per heavy atom. The molecule has 0 heterocycles. The van der Waals surface area contributed by atoms with Crippen LogP contribution in [0.25, 0.3) is 0 Å². The lowest BCUT2D eigenvalue weighted by atomic mass is 10.0. The first kappa shape index (κ1) is 16.1. The largest absolute Gasteiger partial charge is 0.488 e. The van der Waals surface area contributed by atoms with Gasteiger partial charge >= 0.3 is 5.97 Å². The quantitative estimate of drug-likeness (QED) is 0.564. The number of hydrogen-bond donors (Lipinski definition) is 0. The molecule has 0 aromatic heterocycles. The lowest BCUT2D eigenvalue weighted by Gasteiger charge is -2.26. The molecule has 0 saturated heterocycles. The van der Waals surface area contributed by atoms with Gasteiger partial charge in [0.2, 0.25) is 0 Å². The van der Waals surface area contributed by atoms with E-state index in [4.69, 9.17) is 9.47 Å². The van der Waals surface area contributed by atoms with Crippen molar-refractivity contribution >= 4 is 5.97 Å². The molecule has 0 bridgehead atoms. The highest BCUT2D eigenvalue weighted by Crippen LogP contribution is 2.26. The van der Waals surface area contributed by atoms with Gasteiger partial charge in [-0.2, -0.15) is 0 Å². The Kier molecular flexibility index (Phi) is 5.21. The molecule has 116 valence electrons. The van der Waals surface area contributed by atoms with Crippen molar-refractivity contribution in [1.29, 1.82) is 0 Å². The Morgan fingerprint density at radius 3 is 2.36 bits per heavy atom. The lowest BCUT2D eigenvalue weighted by molar-refractivity contribution is 0.0732. The molecule has 0 fully saturated rings. The number of hydrogen-bond acceptors (Lipinski definition) is 3. The first-order valence-corrected chi connectivity index (χ1v) is 7.56. The summed E-state index contributed by atoms with van der Waals surface area (Å²) in [7, 11) is 0. The number of ether oxygens (including phenoxy) is 2. The molecule has 2 aromatic carbocycles. The molecule has 3 heteroatoms. The lowest BCUT2D eigenvalue weighted by Crippen LogP contribution is -2.27. The first-order chi connectivity index (χ1) is 10.5. The van der Waals surface area contributed by atoms with Crippen LogP contribution in [0.2, 0.25) is 0 Å². The van der Waals surface area contributed by atoms with Crippen LogP contribution in [0.5, 0.6) is 11.5 Å². The summed E-state index contributed by atoms with van der Waals surface area (Å²) in [6.45, 7) is 6.24. The standard InChI is InChI=1S/C19H22O3/c1-4-13-19(2,3)22-17-12-8-11-16(14-17)21-18(20)15-9-6-5-7-10-15/h5-12,14H,4,13H2,1-3H3. The van der Waals surface area contributed by atoms with Crippen LogP contribution in [-0.4, -0.2) is 11.6 Å². The van der Waals surface area contributed by atoms with Gasteiger partial charge in [0.1, 0.15) is 17.1 Å². The zero-order chi connectivity index (χ0) is 16.0. The number of carbonyl (C=O) groups is 1. The summed E-state index contributed by atoms with van der Waals surface area (Å²) in [5, 5.41) is 0. The summed E-state index contributed by atoms with van der Waals surface area (Å²) in [5.74, 6) is 0.820. The van der Waals surface area contributed by atoms with Crippen molar-refractivity contribution in [2.24, 2.45) is 0 Å². The third-order valence-electron chi connectivity index (χ3n) is 3.27. The smallest absolute Gasteiger partial charge is 0.343 e. The number of carbonyl (C=O) groups excluding carboxylic acids is 1. The Labute approximate surface area is 131 Å². The van der Waals surface area contributed by atoms with Gasteiger partial charge in [0.05, 0.1) is 5.56 Å². The molecular weight excluding hydrogens is 276 g/mol. The Balaban J connectivity index is 2.07. The second-order valence-corrected chi connectivity index (χ2v) is 5.84. The molecule has 0 aliphatic carbocycles. The van der Waals surface area contributed by atoms with E-state index in [9.17, 15) is 4.79 Å². The Bertz CT molecular complexity index is 618. The molecule has 0 aliphatic rings. The number of benzene rings is 2. The monoisotopic (exact) mass is 298 g/mol. The molecule has 0 atom stereocenters. The predicted molar refractivity (Wildman–Crippen MR) is 87.5 cm³/mol. The van der Waals surface area contributed by atoms with E-state index < -0.39 is 0 Å². The zero-order valence-corrected chi connectivity index (χ0v) is 13.3. The summed E-state index contributed by atoms with van der Waals surface area (Å²) in [5.41, 5.74) is 0.289. The minimum atomic E-state index is -0.370. The molecule has 0 amide bonds. The molecular formula is C19H22O3. The molecule has 2 aromatic rings. The topological polar surface area (TPSA) is 35.5 Å². The molecule has 0 N–H and O–H groups in total. The van der Waals surface area contributed by atoms with E-state index in [1.165, 1.54) is 0 Å². The average molecular weight is 298 g/mol. The molecule has 0 aliphatic heterocycles. The SMILES string of the molecule is CCCC(C)(C)Oc1cccc(OC(=O)c2ccccc2)c1. The summed E-state index contributed by atoms with van der Waals surface area (Å²) >= 11 is 0. The van der Waals surface area contributed by atoms with Crippen molar-refractivity contribution in [3.8, 4) is 11.5 Å². The van der Waals surface area contributed by atoms with Gasteiger partial charge in [-0.15, -0.1) is 0 Å². The van der Waals surface area contributed by atoms with Gasteiger partial charge in [0.15, 0.2) is 0 Å². The van der Waals surface area contributed by atoms with Crippen LogP contribution >= 0.6 is 0 Å². The highest BCUT2D eigenvalue weighted by Gasteiger charge is 2.18. The van der Waals surface area contributed by atoms with Crippen LogP contribution in [-0.2, 0) is 0 Å². The van der Waals surface area contributed by atoms with Crippen molar-refractivity contribution in [1.82, 2.24) is 0 Å². The van der Waals surface area contributed by atoms with Crippen LogP contribution in [0.4, 0.5) is 0 Å². The maximum absolute atomic E-state index is 12.1. The highest BCUT2D eigenvalue weighted by atomic mass is 16.5. The molecule has 0 saturated carbocycles. The molecule has 0 radical (unpaired) electrons. The Morgan fingerprint density at radius 2 is 1.68 bits per heavy atom. The predicted octanol–water partition coefficient (Wildman–Crippen LogP) is 4.86. The van der Waals surface area contributed by atoms with Gasteiger partial charge in [0.25, 0.3) is 0 Å². The number of esters is 1. The van der Waals surface area contributed by atoms with E-state index in [2.05, 4.69) is 20.8 Å². The van der Waals surface area contributed by atoms with E-state index in [0.29, 0.717) is 17.1 Å².